The van der Waals surface area contributed by atoms with Gasteiger partial charge in [0.05, 0.1) is 16.7 Å². The zero-order valence-electron chi connectivity index (χ0n) is 15.3. The minimum absolute atomic E-state index is 0.240. The molecule has 1 amide bonds. The fraction of sp³-hybridized carbons (Fsp3) is 0.529. The van der Waals surface area contributed by atoms with E-state index in [-0.39, 0.29) is 12.1 Å². The Kier molecular flexibility index (Phi) is 7.10. The van der Waals surface area contributed by atoms with E-state index in [4.69, 9.17) is 4.74 Å². The van der Waals surface area contributed by atoms with Crippen LogP contribution >= 0.6 is 11.3 Å². The Bertz CT molecular complexity index is 722. The monoisotopic (exact) mass is 398 g/mol. The number of carbonyl (C=O) groups excluding carboxylic acids is 1. The van der Waals surface area contributed by atoms with Gasteiger partial charge in [0.2, 0.25) is 0 Å². The minimum atomic E-state index is -2.29. The van der Waals surface area contributed by atoms with Crippen LogP contribution in [0.5, 0.6) is 0 Å². The SMILES string of the molecule is Cc1nc([C@H](CC2=CCC(NS(=O)[O-])C=C2)NC(=O)OC(C)(C)C)cs1. The molecule has 0 aliphatic heterocycles. The van der Waals surface area contributed by atoms with Crippen molar-refractivity contribution in [3.8, 4) is 0 Å². The number of allylic oxidation sites excluding steroid dienone is 1. The van der Waals surface area contributed by atoms with E-state index in [1.165, 1.54) is 11.3 Å². The van der Waals surface area contributed by atoms with Crippen LogP contribution in [0.3, 0.4) is 0 Å². The summed E-state index contributed by atoms with van der Waals surface area (Å²) in [7, 11) is 0. The molecule has 0 aromatic carbocycles. The van der Waals surface area contributed by atoms with Gasteiger partial charge < -0.3 is 14.6 Å². The average Bonchev–Trinajstić information content (AvgIpc) is 2.92. The predicted octanol–water partition coefficient (Wildman–Crippen LogP) is 3.05. The number of hydrogen-bond acceptors (Lipinski definition) is 6. The molecule has 2 unspecified atom stereocenters. The largest absolute Gasteiger partial charge is 0.760 e. The number of hydrogen-bond donors (Lipinski definition) is 2. The van der Waals surface area contributed by atoms with Crippen molar-refractivity contribution in [1.82, 2.24) is 15.0 Å². The smallest absolute Gasteiger partial charge is 0.408 e. The number of thiazole rings is 1. The number of aromatic nitrogens is 1. The number of nitrogens with zero attached hydrogens (tertiary/aromatic N) is 1. The van der Waals surface area contributed by atoms with Gasteiger partial charge in [-0.2, -0.15) is 0 Å². The third-order valence-electron chi connectivity index (χ3n) is 3.55. The van der Waals surface area contributed by atoms with Crippen LogP contribution in [0.2, 0.25) is 0 Å². The van der Waals surface area contributed by atoms with Gasteiger partial charge in [-0.15, -0.1) is 11.3 Å². The second-order valence-electron chi connectivity index (χ2n) is 7.03. The minimum Gasteiger partial charge on any atom is -0.760 e. The summed E-state index contributed by atoms with van der Waals surface area (Å²) in [6.07, 6.45) is 6.27. The zero-order chi connectivity index (χ0) is 19.3. The first-order chi connectivity index (χ1) is 12.1. The number of carbonyl (C=O) groups is 1. The molecule has 0 bridgehead atoms. The van der Waals surface area contributed by atoms with Crippen LogP contribution in [-0.2, 0) is 16.0 Å². The van der Waals surface area contributed by atoms with Gasteiger partial charge in [0.25, 0.3) is 0 Å². The normalized spacial score (nSPS) is 19.6. The molecule has 9 heteroatoms. The lowest BCUT2D eigenvalue weighted by Crippen LogP contribution is -2.35. The Labute approximate surface area is 160 Å². The Morgan fingerprint density at radius 3 is 2.77 bits per heavy atom. The van der Waals surface area contributed by atoms with Crippen LogP contribution in [0.15, 0.2) is 29.2 Å². The summed E-state index contributed by atoms with van der Waals surface area (Å²) in [5, 5.41) is 5.74. The highest BCUT2D eigenvalue weighted by atomic mass is 32.2. The Morgan fingerprint density at radius 1 is 1.54 bits per heavy atom. The number of nitrogens with one attached hydrogen (secondary N) is 2. The van der Waals surface area contributed by atoms with E-state index in [1.54, 1.807) is 0 Å². The molecule has 0 saturated heterocycles. The van der Waals surface area contributed by atoms with Gasteiger partial charge in [0.15, 0.2) is 0 Å². The molecule has 1 aliphatic carbocycles. The lowest BCUT2D eigenvalue weighted by atomic mass is 9.97. The van der Waals surface area contributed by atoms with Crippen molar-refractivity contribution in [2.24, 2.45) is 0 Å². The van der Waals surface area contributed by atoms with Crippen LogP contribution in [0.25, 0.3) is 0 Å². The number of aryl methyl sites for hydroxylation is 1. The maximum absolute atomic E-state index is 12.2. The van der Waals surface area contributed by atoms with Crippen molar-refractivity contribution in [3.63, 3.8) is 0 Å². The zero-order valence-corrected chi connectivity index (χ0v) is 16.9. The summed E-state index contributed by atoms with van der Waals surface area (Å²) in [6, 6.07) is -0.556. The van der Waals surface area contributed by atoms with E-state index in [9.17, 15) is 13.6 Å². The molecule has 1 aromatic rings. The Hall–Kier alpha value is -1.55. The lowest BCUT2D eigenvalue weighted by Gasteiger charge is -2.24. The second kappa shape index (κ2) is 8.90. The van der Waals surface area contributed by atoms with Crippen molar-refractivity contribution in [1.29, 1.82) is 0 Å². The molecular weight excluding hydrogens is 374 g/mol. The Balaban J connectivity index is 2.06. The topological polar surface area (TPSA) is 103 Å². The van der Waals surface area contributed by atoms with Gasteiger partial charge in [-0.25, -0.2) is 14.5 Å². The second-order valence-corrected chi connectivity index (χ2v) is 8.79. The molecule has 2 rings (SSSR count). The molecule has 1 aromatic heterocycles. The number of alkyl carbamates (subject to hydrolysis) is 1. The highest BCUT2D eigenvalue weighted by Gasteiger charge is 2.23. The average molecular weight is 399 g/mol. The van der Waals surface area contributed by atoms with Gasteiger partial charge >= 0.3 is 6.09 Å². The first kappa shape index (κ1) is 20.8. The van der Waals surface area contributed by atoms with Crippen LogP contribution in [0, 0.1) is 6.92 Å². The van der Waals surface area contributed by atoms with Crippen molar-refractivity contribution in [2.75, 3.05) is 0 Å². The Morgan fingerprint density at radius 2 is 2.27 bits per heavy atom. The summed E-state index contributed by atoms with van der Waals surface area (Å²) in [5.74, 6) is 0. The summed E-state index contributed by atoms with van der Waals surface area (Å²) in [5.41, 5.74) is 1.21. The molecule has 1 heterocycles. The first-order valence-corrected chi connectivity index (χ1v) is 10.2. The quantitative estimate of drug-likeness (QED) is 0.717. The van der Waals surface area contributed by atoms with E-state index >= 15 is 0 Å². The summed E-state index contributed by atoms with van der Waals surface area (Å²) in [6.45, 7) is 7.36. The number of ether oxygens (including phenoxy) is 1. The molecule has 26 heavy (non-hydrogen) atoms. The highest BCUT2D eigenvalue weighted by Crippen LogP contribution is 2.26. The fourth-order valence-corrected chi connectivity index (χ4v) is 3.57. The van der Waals surface area contributed by atoms with Gasteiger partial charge in [0.1, 0.15) is 5.60 Å². The summed E-state index contributed by atoms with van der Waals surface area (Å²) in [4.78, 5) is 16.7. The molecule has 7 nitrogen and oxygen atoms in total. The molecule has 0 radical (unpaired) electrons. The van der Waals surface area contributed by atoms with Crippen molar-refractivity contribution < 1.29 is 18.3 Å². The third-order valence-corrected chi connectivity index (χ3v) is 4.84. The lowest BCUT2D eigenvalue weighted by molar-refractivity contribution is 0.0502. The molecule has 144 valence electrons. The van der Waals surface area contributed by atoms with Gasteiger partial charge in [-0.3, -0.25) is 4.21 Å². The molecule has 1 aliphatic rings. The van der Waals surface area contributed by atoms with Crippen molar-refractivity contribution in [3.05, 3.63) is 39.9 Å². The standard InChI is InChI=1S/C17H25N3O4S2/c1-11-18-15(10-25-11)14(19-16(21)24-17(2,3)4)9-12-5-7-13(8-6-12)20-26(22)23/h5-7,10,13-14,20H,8-9H2,1-4H3,(H,19,21)(H,22,23)/p-1/t13?,14-/m0/s1. The molecular formula is C17H24N3O4S2-. The molecule has 3 atom stereocenters. The van der Waals surface area contributed by atoms with Crippen LogP contribution in [0.4, 0.5) is 4.79 Å². The maximum Gasteiger partial charge on any atom is 0.408 e. The summed E-state index contributed by atoms with van der Waals surface area (Å²) < 4.78 is 29.2. The maximum atomic E-state index is 12.2. The van der Waals surface area contributed by atoms with Gasteiger partial charge in [-0.05, 0) is 46.1 Å². The van der Waals surface area contributed by atoms with Crippen molar-refractivity contribution >= 4 is 28.7 Å². The number of rotatable bonds is 6. The first-order valence-electron chi connectivity index (χ1n) is 8.26. The molecule has 0 saturated carbocycles. The van der Waals surface area contributed by atoms with Gasteiger partial charge in [0, 0.05) is 22.7 Å². The highest BCUT2D eigenvalue weighted by molar-refractivity contribution is 7.77. The van der Waals surface area contributed by atoms with E-state index in [0.717, 1.165) is 16.3 Å². The molecule has 0 fully saturated rings. The van der Waals surface area contributed by atoms with Crippen LogP contribution in [-0.4, -0.2) is 31.5 Å². The van der Waals surface area contributed by atoms with Crippen LogP contribution < -0.4 is 10.0 Å². The van der Waals surface area contributed by atoms with E-state index in [1.807, 2.05) is 51.3 Å². The molecule has 2 N–H and O–H groups in total. The third kappa shape index (κ3) is 6.99. The van der Waals surface area contributed by atoms with E-state index in [2.05, 4.69) is 15.0 Å². The van der Waals surface area contributed by atoms with Gasteiger partial charge in [-0.1, -0.05) is 18.2 Å². The van der Waals surface area contributed by atoms with E-state index in [0.29, 0.717) is 12.8 Å². The molecule has 0 spiro atoms. The van der Waals surface area contributed by atoms with E-state index < -0.39 is 23.0 Å². The number of amides is 1. The summed E-state index contributed by atoms with van der Waals surface area (Å²) >= 11 is -0.769. The van der Waals surface area contributed by atoms with Crippen molar-refractivity contribution in [2.45, 2.75) is 58.2 Å². The predicted molar refractivity (Wildman–Crippen MR) is 101 cm³/mol. The fourth-order valence-electron chi connectivity index (χ4n) is 2.48. The van der Waals surface area contributed by atoms with Crippen LogP contribution in [0.1, 0.15) is 50.4 Å².